The van der Waals surface area contributed by atoms with Gasteiger partial charge in [0.15, 0.2) is 0 Å². The third kappa shape index (κ3) is 2.13. The van der Waals surface area contributed by atoms with Crippen LogP contribution in [0.25, 0.3) is 0 Å². The van der Waals surface area contributed by atoms with Crippen LogP contribution in [0, 0.1) is 0 Å². The van der Waals surface area contributed by atoms with E-state index < -0.39 is 8.07 Å². The summed E-state index contributed by atoms with van der Waals surface area (Å²) in [6.45, 7) is 7.02. The Balaban J connectivity index is 3.12. The fraction of sp³-hybridized carbons (Fsp3) is 0.455. The molecule has 1 rings (SSSR count). The number of ether oxygens (including phenoxy) is 1. The summed E-state index contributed by atoms with van der Waals surface area (Å²) in [5, 5.41) is 1.43. The van der Waals surface area contributed by atoms with Crippen molar-refractivity contribution in [1.82, 2.24) is 0 Å². The first-order valence-electron chi connectivity index (χ1n) is 4.75. The molecule has 0 N–H and O–H groups in total. The molecule has 2 heteroatoms. The third-order valence-electron chi connectivity index (χ3n) is 2.72. The van der Waals surface area contributed by atoms with Crippen molar-refractivity contribution in [3.63, 3.8) is 0 Å². The lowest BCUT2D eigenvalue weighted by atomic mass is 10.3. The van der Waals surface area contributed by atoms with Crippen LogP contribution in [0.3, 0.4) is 0 Å². The van der Waals surface area contributed by atoms with E-state index in [-0.39, 0.29) is 0 Å². The van der Waals surface area contributed by atoms with Crippen LogP contribution in [-0.4, -0.2) is 15.2 Å². The van der Waals surface area contributed by atoms with Gasteiger partial charge in [0.25, 0.3) is 0 Å². The zero-order valence-electron chi connectivity index (χ0n) is 8.92. The number of benzene rings is 1. The van der Waals surface area contributed by atoms with Crippen LogP contribution in [0.2, 0.25) is 19.1 Å². The molecule has 0 unspecified atom stereocenters. The minimum absolute atomic E-state index is 1.06. The van der Waals surface area contributed by atoms with E-state index in [4.69, 9.17) is 4.74 Å². The Morgan fingerprint density at radius 3 is 2.38 bits per heavy atom. The molecule has 0 heterocycles. The second-order valence-electron chi connectivity index (χ2n) is 3.94. The molecule has 1 aromatic carbocycles. The van der Waals surface area contributed by atoms with Crippen molar-refractivity contribution in [2.24, 2.45) is 0 Å². The van der Waals surface area contributed by atoms with Gasteiger partial charge in [-0.25, -0.2) is 0 Å². The van der Waals surface area contributed by atoms with E-state index in [0.717, 1.165) is 5.75 Å². The Morgan fingerprint density at radius 2 is 1.85 bits per heavy atom. The Kier molecular flexibility index (Phi) is 3.15. The van der Waals surface area contributed by atoms with Gasteiger partial charge in [0.05, 0.1) is 15.2 Å². The summed E-state index contributed by atoms with van der Waals surface area (Å²) in [6.07, 6.45) is 0. The molecule has 0 saturated carbocycles. The zero-order chi connectivity index (χ0) is 9.90. The van der Waals surface area contributed by atoms with Crippen molar-refractivity contribution in [2.45, 2.75) is 26.1 Å². The number of hydrogen-bond acceptors (Lipinski definition) is 1. The summed E-state index contributed by atoms with van der Waals surface area (Å²) in [5.74, 6) is 1.06. The molecular formula is C11H18OSi. The highest BCUT2D eigenvalue weighted by Crippen LogP contribution is 2.16. The summed E-state index contributed by atoms with van der Waals surface area (Å²) in [4.78, 5) is 0. The zero-order valence-corrected chi connectivity index (χ0v) is 9.92. The summed E-state index contributed by atoms with van der Waals surface area (Å²) in [7, 11) is 0.505. The summed E-state index contributed by atoms with van der Waals surface area (Å²) >= 11 is 0. The number of para-hydroxylation sites is 1. The van der Waals surface area contributed by atoms with E-state index in [9.17, 15) is 0 Å². The van der Waals surface area contributed by atoms with E-state index in [1.165, 1.54) is 11.2 Å². The molecule has 0 fully saturated rings. The average molecular weight is 194 g/mol. The SMILES string of the molecule is CC[Si](C)(C)c1ccccc1OC. The second-order valence-corrected chi connectivity index (χ2v) is 8.95. The maximum atomic E-state index is 5.37. The molecule has 0 radical (unpaired) electrons. The van der Waals surface area contributed by atoms with Crippen molar-refractivity contribution < 1.29 is 4.74 Å². The van der Waals surface area contributed by atoms with Gasteiger partial charge in [-0.05, 0) is 11.3 Å². The maximum absolute atomic E-state index is 5.37. The van der Waals surface area contributed by atoms with Crippen molar-refractivity contribution in [3.8, 4) is 5.75 Å². The van der Waals surface area contributed by atoms with Gasteiger partial charge >= 0.3 is 0 Å². The maximum Gasteiger partial charge on any atom is 0.118 e. The molecule has 0 bridgehead atoms. The van der Waals surface area contributed by atoms with Gasteiger partial charge in [-0.3, -0.25) is 0 Å². The van der Waals surface area contributed by atoms with Crippen LogP contribution in [-0.2, 0) is 0 Å². The quantitative estimate of drug-likeness (QED) is 0.672. The fourth-order valence-electron chi connectivity index (χ4n) is 1.39. The topological polar surface area (TPSA) is 9.23 Å². The van der Waals surface area contributed by atoms with Gasteiger partial charge in [0.2, 0.25) is 0 Å². The molecule has 0 aromatic heterocycles. The Hall–Kier alpha value is -0.763. The summed E-state index contributed by atoms with van der Waals surface area (Å²) in [5.41, 5.74) is 0. The standard InChI is InChI=1S/C11H18OSi/c1-5-13(3,4)11-9-7-6-8-10(11)12-2/h6-9H,5H2,1-4H3. The molecular weight excluding hydrogens is 176 g/mol. The van der Waals surface area contributed by atoms with Gasteiger partial charge in [-0.15, -0.1) is 0 Å². The van der Waals surface area contributed by atoms with E-state index in [1.54, 1.807) is 7.11 Å². The van der Waals surface area contributed by atoms with Gasteiger partial charge in [-0.2, -0.15) is 0 Å². The Morgan fingerprint density at radius 1 is 1.23 bits per heavy atom. The predicted molar refractivity (Wildman–Crippen MR) is 60.6 cm³/mol. The largest absolute Gasteiger partial charge is 0.497 e. The normalized spacial score (nSPS) is 11.4. The fourth-order valence-corrected chi connectivity index (χ4v) is 3.17. The van der Waals surface area contributed by atoms with Crippen LogP contribution < -0.4 is 9.92 Å². The van der Waals surface area contributed by atoms with Crippen molar-refractivity contribution in [3.05, 3.63) is 24.3 Å². The molecule has 0 spiro atoms. The first-order valence-corrected chi connectivity index (χ1v) is 7.96. The van der Waals surface area contributed by atoms with Crippen LogP contribution in [0.4, 0.5) is 0 Å². The van der Waals surface area contributed by atoms with Crippen LogP contribution in [0.5, 0.6) is 5.75 Å². The third-order valence-corrected chi connectivity index (χ3v) is 6.36. The van der Waals surface area contributed by atoms with Crippen molar-refractivity contribution >= 4 is 13.3 Å². The second kappa shape index (κ2) is 3.96. The van der Waals surface area contributed by atoms with E-state index in [0.29, 0.717) is 0 Å². The highest BCUT2D eigenvalue weighted by Gasteiger charge is 2.23. The highest BCUT2D eigenvalue weighted by molar-refractivity contribution is 6.90. The minimum atomic E-state index is -1.24. The molecule has 0 aliphatic rings. The molecule has 13 heavy (non-hydrogen) atoms. The number of hydrogen-bond donors (Lipinski definition) is 0. The lowest BCUT2D eigenvalue weighted by Gasteiger charge is -2.23. The van der Waals surface area contributed by atoms with Crippen molar-refractivity contribution in [1.29, 1.82) is 0 Å². The highest BCUT2D eigenvalue weighted by atomic mass is 28.3. The van der Waals surface area contributed by atoms with E-state index in [2.05, 4.69) is 38.2 Å². The summed E-state index contributed by atoms with van der Waals surface area (Å²) in [6, 6.07) is 9.65. The number of methoxy groups -OCH3 is 1. The Labute approximate surface area is 81.8 Å². The molecule has 1 aromatic rings. The first-order chi connectivity index (χ1) is 6.11. The molecule has 0 aliphatic carbocycles. The van der Waals surface area contributed by atoms with E-state index in [1.807, 2.05) is 6.07 Å². The monoisotopic (exact) mass is 194 g/mol. The lowest BCUT2D eigenvalue weighted by molar-refractivity contribution is 0.418. The van der Waals surface area contributed by atoms with Crippen molar-refractivity contribution in [2.75, 3.05) is 7.11 Å². The smallest absolute Gasteiger partial charge is 0.118 e. The van der Waals surface area contributed by atoms with Crippen LogP contribution in [0.15, 0.2) is 24.3 Å². The van der Waals surface area contributed by atoms with Crippen LogP contribution >= 0.6 is 0 Å². The predicted octanol–water partition coefficient (Wildman–Crippen LogP) is 2.63. The molecule has 0 atom stereocenters. The van der Waals surface area contributed by atoms with Gasteiger partial charge in [0.1, 0.15) is 5.75 Å². The minimum Gasteiger partial charge on any atom is -0.497 e. The summed E-state index contributed by atoms with van der Waals surface area (Å²) < 4.78 is 5.37. The van der Waals surface area contributed by atoms with Gasteiger partial charge in [-0.1, -0.05) is 44.3 Å². The molecule has 72 valence electrons. The molecule has 0 amide bonds. The van der Waals surface area contributed by atoms with Crippen LogP contribution in [0.1, 0.15) is 6.92 Å². The van der Waals surface area contributed by atoms with Gasteiger partial charge < -0.3 is 4.74 Å². The average Bonchev–Trinajstić information content (AvgIpc) is 2.18. The van der Waals surface area contributed by atoms with E-state index >= 15 is 0 Å². The Bertz CT molecular complexity index is 281. The number of rotatable bonds is 3. The molecule has 0 saturated heterocycles. The van der Waals surface area contributed by atoms with Gasteiger partial charge in [0, 0.05) is 0 Å². The molecule has 0 aliphatic heterocycles. The molecule has 1 nitrogen and oxygen atoms in total. The lowest BCUT2D eigenvalue weighted by Crippen LogP contribution is -2.41. The first kappa shape index (κ1) is 10.3.